The Morgan fingerprint density at radius 1 is 0.628 bits per heavy atom. The maximum absolute atomic E-state index is 13.6. The number of rotatable bonds is 41. The second-order valence-corrected chi connectivity index (χ2v) is 43.6. The maximum Gasteiger partial charge on any atom is 0.490 e. The van der Waals surface area contributed by atoms with E-state index in [9.17, 15) is 91.5 Å². The number of phosphoric acid groups is 6. The SMILES string of the molecule is CC(C)(CN)SSCOCC#Cc1cn([C@H]2C[C@@H](OCc3ccccc3[N+](=O)[O-])[C@@H](COP(=O)(O)OP(=O)(O)OP(=O)(O)O)O2)c(=O)nc1N.Cc1c2oc3c(C)c(N)ccc3c(-c3ccc(C(=O)CCC(C)(C)SSCOCC#Cc4cn([C@H]5C[C@@H](OCc6ccccc6[N+](=O)[O-])[C@@H](COP(=O)(O)OP(=O)(O)OP(=O)(O)O)O5)c(=O)nc4N)cc3C(=O)O)c-2ccc1=N. The van der Waals surface area contributed by atoms with Crippen molar-refractivity contribution in [3.05, 3.63) is 194 Å². The monoisotopic (exact) mass is 1990 g/mol. The van der Waals surface area contributed by atoms with Gasteiger partial charge in [0, 0.05) is 98.7 Å². The van der Waals surface area contributed by atoms with Crippen LogP contribution in [-0.4, -0.2) is 164 Å². The molecular weight excluding hydrogens is 1910 g/mol. The molecule has 0 amide bonds. The van der Waals surface area contributed by atoms with Gasteiger partial charge in [-0.1, -0.05) is 103 Å². The van der Waals surface area contributed by atoms with Crippen LogP contribution in [0, 0.1) is 63.2 Å². The fourth-order valence-corrected chi connectivity index (χ4v) is 22.6. The topological polar surface area (TPSA) is 727 Å². The molecule has 10 atom stereocenters. The Balaban J connectivity index is 0.000000323. The van der Waals surface area contributed by atoms with Crippen LogP contribution in [0.1, 0.15) is 120 Å². The Labute approximate surface area is 747 Å². The number of carboxylic acid groups (broad SMARTS) is 1. The highest BCUT2D eigenvalue weighted by Gasteiger charge is 2.47. The summed E-state index contributed by atoms with van der Waals surface area (Å²) in [6.45, 7) is 9.12. The van der Waals surface area contributed by atoms with Crippen molar-refractivity contribution in [1.29, 1.82) is 5.41 Å². The number of Topliss-reactive ketones (excluding diaryl/α,β-unsaturated/α-hetero) is 1. The molecular formula is C72H85N11O36P6S4. The average molecular weight is 1990 g/mol. The highest BCUT2D eigenvalue weighted by atomic mass is 33.1. The van der Waals surface area contributed by atoms with Gasteiger partial charge in [-0.3, -0.25) is 43.2 Å². The van der Waals surface area contributed by atoms with Gasteiger partial charge in [0.2, 0.25) is 0 Å². The number of hydrogen-bond donors (Lipinski definition) is 14. The van der Waals surface area contributed by atoms with Crippen LogP contribution in [0.25, 0.3) is 33.4 Å². The number of aryl methyl sites for hydroxylation is 1. The van der Waals surface area contributed by atoms with Gasteiger partial charge in [0.15, 0.2) is 5.78 Å². The molecule has 2 aromatic heterocycles. The third-order valence-corrected chi connectivity index (χ3v) is 32.0. The molecule has 5 heterocycles. The van der Waals surface area contributed by atoms with Crippen molar-refractivity contribution in [1.82, 2.24) is 19.1 Å². The second-order valence-electron chi connectivity index (χ2n) is 28.8. The van der Waals surface area contributed by atoms with Crippen LogP contribution >= 0.6 is 90.1 Å². The summed E-state index contributed by atoms with van der Waals surface area (Å²) in [6.07, 6.45) is -4.92. The molecule has 698 valence electrons. The van der Waals surface area contributed by atoms with E-state index in [0.717, 1.165) is 9.13 Å². The third-order valence-electron chi connectivity index (χ3n) is 18.4. The number of carboxylic acids is 1. The van der Waals surface area contributed by atoms with Gasteiger partial charge in [-0.05, 0) is 96.0 Å². The third kappa shape index (κ3) is 30.4. The second kappa shape index (κ2) is 44.5. The molecule has 18 N–H and O–H groups in total. The predicted molar refractivity (Wildman–Crippen MR) is 467 cm³/mol. The van der Waals surface area contributed by atoms with E-state index in [4.69, 9.17) is 89.8 Å². The number of aromatic nitrogens is 4. The smallest absolute Gasteiger partial charge is 0.478 e. The van der Waals surface area contributed by atoms with Crippen molar-refractivity contribution < 1.29 is 150 Å². The molecule has 4 aliphatic rings. The fraction of sp³-hybridized carbons (Fsp3) is 0.375. The molecule has 3 aliphatic heterocycles. The molecule has 57 heteroatoms. The molecule has 2 fully saturated rings. The van der Waals surface area contributed by atoms with Crippen LogP contribution in [0.2, 0.25) is 0 Å². The number of ether oxygens (including phenoxy) is 6. The van der Waals surface area contributed by atoms with E-state index in [0.29, 0.717) is 69.1 Å². The van der Waals surface area contributed by atoms with Crippen molar-refractivity contribution in [3.8, 4) is 46.1 Å². The molecule has 0 spiro atoms. The normalized spacial score (nSPS) is 18.5. The first-order valence-corrected chi connectivity index (χ1v) is 50.9. The first kappa shape index (κ1) is 104. The van der Waals surface area contributed by atoms with Gasteiger partial charge in [-0.2, -0.15) is 27.2 Å². The number of nitrogens with two attached hydrogens (primary N) is 4. The van der Waals surface area contributed by atoms with E-state index in [1.165, 1.54) is 99.4 Å². The van der Waals surface area contributed by atoms with E-state index in [-0.39, 0.29) is 117 Å². The van der Waals surface area contributed by atoms with E-state index < -0.39 is 136 Å². The molecule has 0 radical (unpaired) electrons. The lowest BCUT2D eigenvalue weighted by Gasteiger charge is -2.23. The van der Waals surface area contributed by atoms with Crippen LogP contribution in [-0.2, 0) is 95.3 Å². The van der Waals surface area contributed by atoms with Crippen molar-refractivity contribution in [3.63, 3.8) is 0 Å². The number of carbonyl (C=O) groups excluding carboxylic acids is 1. The van der Waals surface area contributed by atoms with Crippen LogP contribution in [0.4, 0.5) is 28.7 Å². The van der Waals surface area contributed by atoms with E-state index in [2.05, 4.69) is 50.9 Å². The Kier molecular flexibility index (Phi) is 36.0. The lowest BCUT2D eigenvalue weighted by atomic mass is 9.87. The van der Waals surface area contributed by atoms with Gasteiger partial charge < -0.3 is 105 Å². The quantitative estimate of drug-likeness (QED) is 0.00162. The van der Waals surface area contributed by atoms with Gasteiger partial charge in [0.25, 0.3) is 11.4 Å². The van der Waals surface area contributed by atoms with Crippen molar-refractivity contribution in [2.75, 3.05) is 62.1 Å². The van der Waals surface area contributed by atoms with Gasteiger partial charge in [0.05, 0.1) is 81.7 Å². The minimum Gasteiger partial charge on any atom is -0.478 e. The highest BCUT2D eigenvalue weighted by molar-refractivity contribution is 8.77. The van der Waals surface area contributed by atoms with Gasteiger partial charge in [-0.25, -0.2) is 41.8 Å². The number of nitro benzene ring substituents is 2. The summed E-state index contributed by atoms with van der Waals surface area (Å²) in [7, 11) is -28.4. The van der Waals surface area contributed by atoms with Crippen LogP contribution in [0.15, 0.2) is 117 Å². The number of aromatic carboxylic acids is 1. The standard InChI is InChI=1S/C48H51N6O20P3S2.C24H34N5O16P3S2/c1-26-35(49)15-13-32-42(33-14-16-36(50)27(2)44(33)72-43(26)32)31-12-11-28(20-34(31)46(56)57)38(55)17-18-48(3,4)79-78-25-68-19-7-9-29-22-53(47(58)52-45(29)51)41-21-39(69-23-30-8-5-6-10-37(30)54(59)60)40(71-41)24-70-76(64,65)74-77(66,67)73-75(61,62)63;1-24(2,14-25)50-49-15-40-9-5-7-16-11-28(23(30)27-22(16)26)21-10-19(41-12-17-6-3-4-8-18(17)29(31)32)20(43-21)13-42-47(36,37)45-48(38,39)44-46(33,34)35/h5-6,8,10-16,20,22,39-41,49H,17-19,21,23-25,50H2,1-4H3,(H,56,57)(H,64,65)(H,66,67)(H2,51,52,58)(H2,61,62,63);3-4,6,8,11,19-21H,9-10,12-15,25H2,1-2H3,(H,36,37)(H,38,39)(H2,26,27,30)(H2,33,34,35)/t39-,40-,41-;19-,20-,21-/m11/s1. The Morgan fingerprint density at radius 3 is 1.53 bits per heavy atom. The molecule has 4 aromatic carbocycles. The number of phosphoric ester groups is 2. The number of anilines is 3. The van der Waals surface area contributed by atoms with Gasteiger partial charge in [-0.15, -0.1) is 0 Å². The van der Waals surface area contributed by atoms with E-state index >= 15 is 0 Å². The van der Waals surface area contributed by atoms with Crippen molar-refractivity contribution >= 4 is 142 Å². The number of hydrogen-bond acceptors (Lipinski definition) is 38. The summed E-state index contributed by atoms with van der Waals surface area (Å²) >= 11 is 0. The minimum atomic E-state index is -5.88. The first-order chi connectivity index (χ1) is 60.2. The summed E-state index contributed by atoms with van der Waals surface area (Å²) < 4.78 is 137. The number of nitro groups is 2. The molecule has 10 rings (SSSR count). The largest absolute Gasteiger partial charge is 0.490 e. The first-order valence-electron chi connectivity index (χ1n) is 37.2. The number of ketones is 1. The molecule has 47 nitrogen and oxygen atoms in total. The van der Waals surface area contributed by atoms with Crippen LogP contribution in [0.5, 0.6) is 0 Å². The Hall–Kier alpha value is -8.27. The molecule has 4 unspecified atom stereocenters. The lowest BCUT2D eigenvalue weighted by molar-refractivity contribution is -0.386. The number of benzene rings is 5. The number of carbonyl (C=O) groups is 2. The van der Waals surface area contributed by atoms with E-state index in [1.54, 1.807) is 61.0 Å². The summed E-state index contributed by atoms with van der Waals surface area (Å²) in [4.78, 5) is 156. The minimum absolute atomic E-state index is 0.0132. The number of nitrogens with zero attached hydrogens (tertiary/aromatic N) is 6. The molecule has 6 aromatic rings. The molecule has 0 bridgehead atoms. The fourth-order valence-electron chi connectivity index (χ4n) is 12.1. The molecule has 0 saturated carbocycles. The Morgan fingerprint density at radius 2 is 1.09 bits per heavy atom. The average Bonchev–Trinajstić information content (AvgIpc) is 1.51. The zero-order valence-electron chi connectivity index (χ0n) is 68.3. The van der Waals surface area contributed by atoms with Crippen molar-refractivity contribution in [2.24, 2.45) is 5.73 Å². The van der Waals surface area contributed by atoms with Gasteiger partial charge >= 0.3 is 64.3 Å². The highest BCUT2D eigenvalue weighted by Crippen LogP contribution is 2.68. The van der Waals surface area contributed by atoms with Crippen LogP contribution < -0.4 is 39.7 Å². The zero-order valence-corrected chi connectivity index (χ0v) is 77.0. The maximum atomic E-state index is 13.6. The molecule has 2 saturated heterocycles. The number of para-hydroxylation sites is 2. The Bertz CT molecular complexity index is 6140. The number of nitrogens with one attached hydrogen (secondary N) is 1. The molecule has 1 aliphatic carbocycles. The molecule has 129 heavy (non-hydrogen) atoms. The zero-order chi connectivity index (χ0) is 95.1. The summed E-state index contributed by atoms with van der Waals surface area (Å²) in [5, 5.41) is 42.8. The van der Waals surface area contributed by atoms with Gasteiger partial charge in [0.1, 0.15) is 72.7 Å². The lowest BCUT2D eigenvalue weighted by Crippen LogP contribution is -2.29. The van der Waals surface area contributed by atoms with E-state index in [1.807, 2.05) is 27.7 Å². The van der Waals surface area contributed by atoms with Crippen molar-refractivity contribution in [2.45, 2.75) is 127 Å². The van der Waals surface area contributed by atoms with Crippen LogP contribution in [0.3, 0.4) is 0 Å². The summed E-state index contributed by atoms with van der Waals surface area (Å²) in [6, 6.07) is 22.6. The number of nitrogen functional groups attached to an aromatic ring is 3. The summed E-state index contributed by atoms with van der Waals surface area (Å²) in [5.74, 6) is 10.0. The number of fused-ring (bicyclic) bond motifs is 2. The summed E-state index contributed by atoms with van der Waals surface area (Å²) in [5.41, 5.74) is 25.8. The predicted octanol–water partition coefficient (Wildman–Crippen LogP) is 10.4.